The lowest BCUT2D eigenvalue weighted by Gasteiger charge is -1.94. The zero-order valence-corrected chi connectivity index (χ0v) is 9.01. The fourth-order valence-corrected chi connectivity index (χ4v) is 1.29. The van der Waals surface area contributed by atoms with Crippen LogP contribution in [0.1, 0.15) is 17.5 Å². The van der Waals surface area contributed by atoms with Gasteiger partial charge >= 0.3 is 5.97 Å². The summed E-state index contributed by atoms with van der Waals surface area (Å²) in [4.78, 5) is 15.4. The molecule has 0 atom stereocenters. The molecule has 0 aromatic carbocycles. The maximum Gasteiger partial charge on any atom is 0.378 e. The molecular weight excluding hydrogens is 210 g/mol. The van der Waals surface area contributed by atoms with Gasteiger partial charge in [0.25, 0.3) is 5.82 Å². The molecule has 0 unspecified atom stereocenters. The van der Waals surface area contributed by atoms with Gasteiger partial charge in [0, 0.05) is 7.05 Å². The SMILES string of the molecule is CCOC(=O)c1nc(-c2ccco2)n(C)n1. The van der Waals surface area contributed by atoms with E-state index in [0.29, 0.717) is 18.2 Å². The molecule has 6 heteroatoms. The lowest BCUT2D eigenvalue weighted by Crippen LogP contribution is -2.07. The summed E-state index contributed by atoms with van der Waals surface area (Å²) >= 11 is 0. The van der Waals surface area contributed by atoms with Crippen molar-refractivity contribution in [1.29, 1.82) is 0 Å². The first-order valence-electron chi connectivity index (χ1n) is 4.84. The number of hydrogen-bond donors (Lipinski definition) is 0. The summed E-state index contributed by atoms with van der Waals surface area (Å²) in [5.41, 5.74) is 0. The molecule has 0 aliphatic rings. The van der Waals surface area contributed by atoms with Crippen LogP contribution in [0, 0.1) is 0 Å². The van der Waals surface area contributed by atoms with Crippen molar-refractivity contribution < 1.29 is 13.9 Å². The lowest BCUT2D eigenvalue weighted by molar-refractivity contribution is 0.0512. The molecule has 0 spiro atoms. The second kappa shape index (κ2) is 4.18. The molecule has 0 saturated heterocycles. The third kappa shape index (κ3) is 1.81. The summed E-state index contributed by atoms with van der Waals surface area (Å²) in [6, 6.07) is 3.49. The van der Waals surface area contributed by atoms with Crippen molar-refractivity contribution in [1.82, 2.24) is 14.8 Å². The number of carbonyl (C=O) groups excluding carboxylic acids is 1. The Labute approximate surface area is 91.8 Å². The van der Waals surface area contributed by atoms with E-state index in [1.807, 2.05) is 0 Å². The number of nitrogens with zero attached hydrogens (tertiary/aromatic N) is 3. The molecule has 2 rings (SSSR count). The number of aryl methyl sites for hydroxylation is 1. The van der Waals surface area contributed by atoms with Crippen LogP contribution in [0.3, 0.4) is 0 Å². The fourth-order valence-electron chi connectivity index (χ4n) is 1.29. The fraction of sp³-hybridized carbons (Fsp3) is 0.300. The zero-order valence-electron chi connectivity index (χ0n) is 9.01. The van der Waals surface area contributed by atoms with Crippen LogP contribution in [0.2, 0.25) is 0 Å². The molecular formula is C10H11N3O3. The van der Waals surface area contributed by atoms with Gasteiger partial charge in [-0.3, -0.25) is 0 Å². The van der Waals surface area contributed by atoms with Crippen LogP contribution in [0.25, 0.3) is 11.6 Å². The maximum absolute atomic E-state index is 11.4. The Morgan fingerprint density at radius 1 is 1.62 bits per heavy atom. The van der Waals surface area contributed by atoms with Gasteiger partial charge < -0.3 is 9.15 Å². The Morgan fingerprint density at radius 2 is 2.44 bits per heavy atom. The minimum absolute atomic E-state index is 0.0377. The molecule has 0 fully saturated rings. The van der Waals surface area contributed by atoms with E-state index in [1.165, 1.54) is 10.9 Å². The maximum atomic E-state index is 11.4. The van der Waals surface area contributed by atoms with E-state index in [-0.39, 0.29) is 5.82 Å². The molecule has 0 saturated carbocycles. The molecule has 0 aliphatic carbocycles. The molecule has 16 heavy (non-hydrogen) atoms. The van der Waals surface area contributed by atoms with Crippen LogP contribution >= 0.6 is 0 Å². The number of ether oxygens (including phenoxy) is 1. The van der Waals surface area contributed by atoms with Gasteiger partial charge in [-0.05, 0) is 19.1 Å². The van der Waals surface area contributed by atoms with Crippen molar-refractivity contribution in [2.24, 2.45) is 7.05 Å². The average Bonchev–Trinajstić information content (AvgIpc) is 2.86. The molecule has 6 nitrogen and oxygen atoms in total. The van der Waals surface area contributed by atoms with E-state index in [4.69, 9.17) is 9.15 Å². The minimum atomic E-state index is -0.532. The highest BCUT2D eigenvalue weighted by Gasteiger charge is 2.17. The Balaban J connectivity index is 2.32. The van der Waals surface area contributed by atoms with Gasteiger partial charge in [0.05, 0.1) is 12.9 Å². The van der Waals surface area contributed by atoms with Crippen LogP contribution in [0.4, 0.5) is 0 Å². The quantitative estimate of drug-likeness (QED) is 0.729. The van der Waals surface area contributed by atoms with Crippen LogP contribution in [-0.2, 0) is 11.8 Å². The van der Waals surface area contributed by atoms with Crippen molar-refractivity contribution in [3.05, 3.63) is 24.2 Å². The van der Waals surface area contributed by atoms with E-state index in [9.17, 15) is 4.79 Å². The van der Waals surface area contributed by atoms with Crippen molar-refractivity contribution in [3.63, 3.8) is 0 Å². The van der Waals surface area contributed by atoms with Crippen LogP contribution < -0.4 is 0 Å². The van der Waals surface area contributed by atoms with Gasteiger partial charge in [-0.2, -0.15) is 4.98 Å². The van der Waals surface area contributed by atoms with Crippen molar-refractivity contribution in [3.8, 4) is 11.6 Å². The minimum Gasteiger partial charge on any atom is -0.461 e. The monoisotopic (exact) mass is 221 g/mol. The van der Waals surface area contributed by atoms with Crippen LogP contribution in [0.15, 0.2) is 22.8 Å². The number of rotatable bonds is 3. The first-order valence-corrected chi connectivity index (χ1v) is 4.84. The molecule has 2 heterocycles. The Morgan fingerprint density at radius 3 is 3.06 bits per heavy atom. The first-order chi connectivity index (χ1) is 7.72. The van der Waals surface area contributed by atoms with Crippen molar-refractivity contribution in [2.75, 3.05) is 6.61 Å². The summed E-state index contributed by atoms with van der Waals surface area (Å²) in [5, 5.41) is 3.96. The van der Waals surface area contributed by atoms with Gasteiger partial charge in [-0.25, -0.2) is 9.48 Å². The van der Waals surface area contributed by atoms with Crippen LogP contribution in [-0.4, -0.2) is 27.3 Å². The van der Waals surface area contributed by atoms with Crippen LogP contribution in [0.5, 0.6) is 0 Å². The second-order valence-corrected chi connectivity index (χ2v) is 3.08. The summed E-state index contributed by atoms with van der Waals surface area (Å²) in [6.07, 6.45) is 1.54. The summed E-state index contributed by atoms with van der Waals surface area (Å²) in [6.45, 7) is 2.03. The number of furan rings is 1. The summed E-state index contributed by atoms with van der Waals surface area (Å²) < 4.78 is 11.5. The number of esters is 1. The van der Waals surface area contributed by atoms with E-state index in [0.717, 1.165) is 0 Å². The van der Waals surface area contributed by atoms with Gasteiger partial charge in [-0.1, -0.05) is 0 Å². The largest absolute Gasteiger partial charge is 0.461 e. The highest BCUT2D eigenvalue weighted by Crippen LogP contribution is 2.16. The molecule has 0 amide bonds. The molecule has 2 aromatic rings. The van der Waals surface area contributed by atoms with Crippen molar-refractivity contribution in [2.45, 2.75) is 6.92 Å². The summed E-state index contributed by atoms with van der Waals surface area (Å²) in [5.74, 6) is 0.560. The van der Waals surface area contributed by atoms with Crippen molar-refractivity contribution >= 4 is 5.97 Å². The Kier molecular flexibility index (Phi) is 2.72. The second-order valence-electron chi connectivity index (χ2n) is 3.08. The first kappa shape index (κ1) is 10.4. The molecule has 2 aromatic heterocycles. The predicted molar refractivity (Wildman–Crippen MR) is 54.7 cm³/mol. The van der Waals surface area contributed by atoms with Gasteiger partial charge in [-0.15, -0.1) is 5.10 Å². The molecule has 0 radical (unpaired) electrons. The average molecular weight is 221 g/mol. The van der Waals surface area contributed by atoms with E-state index >= 15 is 0 Å². The Bertz CT molecular complexity index is 487. The lowest BCUT2D eigenvalue weighted by atomic mass is 10.4. The van der Waals surface area contributed by atoms with Gasteiger partial charge in [0.2, 0.25) is 0 Å². The normalized spacial score (nSPS) is 10.4. The summed E-state index contributed by atoms with van der Waals surface area (Å²) in [7, 11) is 1.69. The topological polar surface area (TPSA) is 70.2 Å². The third-order valence-corrected chi connectivity index (χ3v) is 1.96. The standard InChI is InChI=1S/C10H11N3O3/c1-3-15-10(14)8-11-9(13(2)12-8)7-5-4-6-16-7/h4-6H,3H2,1-2H3. The number of aromatic nitrogens is 3. The highest BCUT2D eigenvalue weighted by molar-refractivity contribution is 5.85. The predicted octanol–water partition coefficient (Wildman–Crippen LogP) is 1.25. The van der Waals surface area contributed by atoms with Gasteiger partial charge in [0.1, 0.15) is 0 Å². The van der Waals surface area contributed by atoms with E-state index in [1.54, 1.807) is 26.1 Å². The number of carbonyl (C=O) groups is 1. The molecule has 84 valence electrons. The highest BCUT2D eigenvalue weighted by atomic mass is 16.5. The molecule has 0 aliphatic heterocycles. The third-order valence-electron chi connectivity index (χ3n) is 1.96. The number of hydrogen-bond acceptors (Lipinski definition) is 5. The smallest absolute Gasteiger partial charge is 0.378 e. The molecule has 0 bridgehead atoms. The van der Waals surface area contributed by atoms with E-state index < -0.39 is 5.97 Å². The van der Waals surface area contributed by atoms with E-state index in [2.05, 4.69) is 10.1 Å². The van der Waals surface area contributed by atoms with Gasteiger partial charge in [0.15, 0.2) is 11.6 Å². The molecule has 0 N–H and O–H groups in total. The zero-order chi connectivity index (χ0) is 11.5. The Hall–Kier alpha value is -2.11.